The predicted octanol–water partition coefficient (Wildman–Crippen LogP) is 3.46. The largest absolute Gasteiger partial charge is 0.388 e. The molecule has 2 aromatic heterocycles. The summed E-state index contributed by atoms with van der Waals surface area (Å²) in [6.07, 6.45) is 6.52. The summed E-state index contributed by atoms with van der Waals surface area (Å²) in [4.78, 5) is 11.1. The Kier molecular flexibility index (Phi) is 4.17. The van der Waals surface area contributed by atoms with Crippen molar-refractivity contribution in [2.75, 3.05) is 30.4 Å². The van der Waals surface area contributed by atoms with E-state index in [9.17, 15) is 9.65 Å². The second-order valence-corrected chi connectivity index (χ2v) is 8.62. The zero-order chi connectivity index (χ0) is 22.0. The zero-order valence-electron chi connectivity index (χ0n) is 17.4. The lowest BCUT2D eigenvalue weighted by Crippen LogP contribution is -2.67. The second kappa shape index (κ2) is 6.97. The van der Waals surface area contributed by atoms with Gasteiger partial charge in [-0.1, -0.05) is 0 Å². The van der Waals surface area contributed by atoms with E-state index in [4.69, 9.17) is 0 Å². The third kappa shape index (κ3) is 2.71. The lowest BCUT2D eigenvalue weighted by molar-refractivity contribution is 0.226. The molecule has 2 atom stereocenters. The standard InChI is InChI=1S/C24H20F2N6/c1-28-19-5-18(25)23(26)21-16(19)4-20-22(21)24(32-10-14-3-15(11-32)31-14)17(9-30-20)13-2-12(6-27)7-29-8-13/h2,5,7-9,14-15,28,31H,3-4,10-11H2,1H3. The van der Waals surface area contributed by atoms with Gasteiger partial charge in [-0.15, -0.1) is 0 Å². The molecule has 8 heteroatoms. The minimum atomic E-state index is -0.881. The number of nitriles is 1. The van der Waals surface area contributed by atoms with Crippen molar-refractivity contribution in [3.05, 3.63) is 59.2 Å². The first-order valence-electron chi connectivity index (χ1n) is 10.6. The summed E-state index contributed by atoms with van der Waals surface area (Å²) in [5, 5.41) is 15.9. The van der Waals surface area contributed by atoms with Crippen LogP contribution in [0.5, 0.6) is 0 Å². The molecule has 5 heterocycles. The molecule has 7 rings (SSSR count). The highest BCUT2D eigenvalue weighted by molar-refractivity contribution is 5.96. The average Bonchev–Trinajstić information content (AvgIpc) is 3.20. The van der Waals surface area contributed by atoms with Crippen molar-refractivity contribution in [1.29, 1.82) is 5.26 Å². The van der Waals surface area contributed by atoms with Gasteiger partial charge in [0.1, 0.15) is 6.07 Å². The molecule has 0 amide bonds. The van der Waals surface area contributed by atoms with Gasteiger partial charge in [-0.3, -0.25) is 9.97 Å². The van der Waals surface area contributed by atoms with E-state index in [2.05, 4.69) is 31.6 Å². The van der Waals surface area contributed by atoms with Gasteiger partial charge >= 0.3 is 0 Å². The Morgan fingerprint density at radius 2 is 1.94 bits per heavy atom. The number of fused-ring (bicyclic) bond motifs is 5. The third-order valence-corrected chi connectivity index (χ3v) is 6.74. The van der Waals surface area contributed by atoms with Gasteiger partial charge in [0.2, 0.25) is 0 Å². The number of halogens is 2. The van der Waals surface area contributed by atoms with E-state index >= 15 is 4.39 Å². The molecule has 3 aliphatic heterocycles. The van der Waals surface area contributed by atoms with Crippen molar-refractivity contribution in [3.63, 3.8) is 0 Å². The number of hydrogen-bond acceptors (Lipinski definition) is 6. The van der Waals surface area contributed by atoms with Crippen LogP contribution in [0.25, 0.3) is 22.3 Å². The topological polar surface area (TPSA) is 76.9 Å². The van der Waals surface area contributed by atoms with Crippen LogP contribution in [0.3, 0.4) is 0 Å². The van der Waals surface area contributed by atoms with Gasteiger partial charge in [0, 0.05) is 91.2 Å². The lowest BCUT2D eigenvalue weighted by atomic mass is 9.89. The first-order valence-corrected chi connectivity index (χ1v) is 10.6. The first kappa shape index (κ1) is 19.1. The number of aromatic nitrogens is 2. The summed E-state index contributed by atoms with van der Waals surface area (Å²) in [7, 11) is 1.71. The van der Waals surface area contributed by atoms with Gasteiger partial charge in [0.15, 0.2) is 11.6 Å². The quantitative estimate of drug-likeness (QED) is 0.519. The van der Waals surface area contributed by atoms with Crippen molar-refractivity contribution < 1.29 is 8.78 Å². The fourth-order valence-corrected chi connectivity index (χ4v) is 5.32. The van der Waals surface area contributed by atoms with Crippen molar-refractivity contribution in [2.45, 2.75) is 24.9 Å². The Morgan fingerprint density at radius 1 is 1.16 bits per heavy atom. The number of piperidine rings is 1. The van der Waals surface area contributed by atoms with Gasteiger partial charge in [-0.25, -0.2) is 8.78 Å². The maximum absolute atomic E-state index is 15.3. The van der Waals surface area contributed by atoms with Gasteiger partial charge < -0.3 is 15.5 Å². The first-order chi connectivity index (χ1) is 15.6. The van der Waals surface area contributed by atoms with Crippen LogP contribution in [-0.2, 0) is 6.42 Å². The van der Waals surface area contributed by atoms with Crippen LogP contribution in [0.2, 0.25) is 0 Å². The molecule has 2 bridgehead atoms. The highest BCUT2D eigenvalue weighted by Gasteiger charge is 2.40. The lowest BCUT2D eigenvalue weighted by Gasteiger charge is -2.50. The Hall–Kier alpha value is -3.57. The molecule has 3 aromatic rings. The Bertz CT molecular complexity index is 1300. The van der Waals surface area contributed by atoms with Crippen molar-refractivity contribution in [1.82, 2.24) is 15.3 Å². The van der Waals surface area contributed by atoms with Gasteiger partial charge in [0.05, 0.1) is 16.9 Å². The summed E-state index contributed by atoms with van der Waals surface area (Å²) in [6, 6.07) is 5.85. The minimum Gasteiger partial charge on any atom is -0.388 e. The van der Waals surface area contributed by atoms with E-state index in [0.29, 0.717) is 35.3 Å². The molecule has 32 heavy (non-hydrogen) atoms. The van der Waals surface area contributed by atoms with E-state index in [1.165, 1.54) is 12.3 Å². The van der Waals surface area contributed by atoms with Crippen LogP contribution in [0.15, 0.2) is 30.7 Å². The van der Waals surface area contributed by atoms with E-state index in [1.807, 2.05) is 0 Å². The molecule has 0 spiro atoms. The second-order valence-electron chi connectivity index (χ2n) is 8.62. The summed E-state index contributed by atoms with van der Waals surface area (Å²) in [6.45, 7) is 1.55. The molecular weight excluding hydrogens is 410 g/mol. The number of pyridine rings is 2. The van der Waals surface area contributed by atoms with Crippen LogP contribution >= 0.6 is 0 Å². The molecule has 1 aliphatic carbocycles. The van der Waals surface area contributed by atoms with Crippen LogP contribution < -0.4 is 15.5 Å². The van der Waals surface area contributed by atoms with Gasteiger partial charge in [-0.05, 0) is 18.1 Å². The van der Waals surface area contributed by atoms with Crippen LogP contribution in [-0.4, -0.2) is 42.2 Å². The molecule has 0 radical (unpaired) electrons. The number of rotatable bonds is 3. The Balaban J connectivity index is 1.63. The van der Waals surface area contributed by atoms with Crippen LogP contribution in [0, 0.1) is 23.0 Å². The monoisotopic (exact) mass is 430 g/mol. The average molecular weight is 430 g/mol. The fraction of sp³-hybridized carbons (Fsp3) is 0.292. The third-order valence-electron chi connectivity index (χ3n) is 6.74. The number of nitrogens with one attached hydrogen (secondary N) is 2. The molecule has 6 nitrogen and oxygen atoms in total. The molecule has 2 unspecified atom stereocenters. The summed E-state index contributed by atoms with van der Waals surface area (Å²) >= 11 is 0. The van der Waals surface area contributed by atoms with Crippen LogP contribution in [0.1, 0.15) is 23.2 Å². The molecule has 1 aromatic carbocycles. The van der Waals surface area contributed by atoms with E-state index in [1.54, 1.807) is 25.5 Å². The van der Waals surface area contributed by atoms with Crippen LogP contribution in [0.4, 0.5) is 20.2 Å². The number of piperazine rings is 1. The van der Waals surface area contributed by atoms with Crippen molar-refractivity contribution >= 4 is 11.4 Å². The number of benzene rings is 1. The number of anilines is 2. The molecule has 0 saturated carbocycles. The van der Waals surface area contributed by atoms with Gasteiger partial charge in [-0.2, -0.15) is 5.26 Å². The smallest absolute Gasteiger partial charge is 0.167 e. The molecule has 160 valence electrons. The maximum Gasteiger partial charge on any atom is 0.167 e. The Labute approximate surface area is 183 Å². The normalized spacial score (nSPS) is 20.2. The van der Waals surface area contributed by atoms with E-state index < -0.39 is 11.6 Å². The Morgan fingerprint density at radius 3 is 2.66 bits per heavy atom. The highest BCUT2D eigenvalue weighted by Crippen LogP contribution is 2.50. The molecule has 3 fully saturated rings. The fourth-order valence-electron chi connectivity index (χ4n) is 5.32. The number of nitrogens with zero attached hydrogens (tertiary/aromatic N) is 4. The summed E-state index contributed by atoms with van der Waals surface area (Å²) in [5.74, 6) is -1.73. The van der Waals surface area contributed by atoms with Gasteiger partial charge in [0.25, 0.3) is 0 Å². The van der Waals surface area contributed by atoms with E-state index in [-0.39, 0.29) is 5.56 Å². The highest BCUT2D eigenvalue weighted by atomic mass is 19.2. The van der Waals surface area contributed by atoms with E-state index in [0.717, 1.165) is 47.6 Å². The maximum atomic E-state index is 15.3. The molecule has 3 saturated heterocycles. The molecular formula is C24H20F2N6. The zero-order valence-corrected chi connectivity index (χ0v) is 17.4. The summed E-state index contributed by atoms with van der Waals surface area (Å²) in [5.41, 5.74) is 5.74. The predicted molar refractivity (Wildman–Crippen MR) is 117 cm³/mol. The SMILES string of the molecule is CNc1cc(F)c(F)c2c1Cc1ncc(-c3cncc(C#N)c3)c(N3CC4CC(C3)N4)c1-2. The molecule has 2 N–H and O–H groups in total. The minimum absolute atomic E-state index is 0.283. The van der Waals surface area contributed by atoms with Crippen molar-refractivity contribution in [2.24, 2.45) is 0 Å². The van der Waals surface area contributed by atoms with Crippen molar-refractivity contribution in [3.8, 4) is 28.3 Å². The molecule has 4 aliphatic rings. The number of hydrogen-bond donors (Lipinski definition) is 2. The summed E-state index contributed by atoms with van der Waals surface area (Å²) < 4.78 is 29.8.